The third-order valence-corrected chi connectivity index (χ3v) is 4.33. The third kappa shape index (κ3) is 4.23. The maximum absolute atomic E-state index is 9.09. The van der Waals surface area contributed by atoms with Gasteiger partial charge in [0.15, 0.2) is 0 Å². The molecule has 0 radical (unpaired) electrons. The molecule has 1 aliphatic heterocycles. The van der Waals surface area contributed by atoms with Gasteiger partial charge in [-0.15, -0.1) is 0 Å². The molecule has 2 aliphatic rings. The van der Waals surface area contributed by atoms with Gasteiger partial charge in [-0.1, -0.05) is 25.7 Å². The minimum absolute atomic E-state index is 0.316. The number of rotatable bonds is 3. The van der Waals surface area contributed by atoms with Crippen molar-refractivity contribution in [1.82, 2.24) is 10.2 Å². The molecule has 1 atom stereocenters. The number of aliphatic hydroxyl groups is 1. The normalized spacial score (nSPS) is 29.8. The molecule has 2 rings (SSSR count). The second kappa shape index (κ2) is 7.34. The molecule has 17 heavy (non-hydrogen) atoms. The summed E-state index contributed by atoms with van der Waals surface area (Å²) in [7, 11) is 0. The van der Waals surface area contributed by atoms with Crippen LogP contribution in [0.25, 0.3) is 0 Å². The maximum atomic E-state index is 9.09. The fraction of sp³-hybridized carbons (Fsp3) is 1.00. The number of aliphatic hydroxyl groups excluding tert-OH is 1. The van der Waals surface area contributed by atoms with Crippen LogP contribution in [0.4, 0.5) is 0 Å². The summed E-state index contributed by atoms with van der Waals surface area (Å²) in [4.78, 5) is 2.70. The molecule has 3 heteroatoms. The highest BCUT2D eigenvalue weighted by Crippen LogP contribution is 2.23. The Balaban J connectivity index is 1.87. The monoisotopic (exact) mass is 240 g/mol. The van der Waals surface area contributed by atoms with Gasteiger partial charge >= 0.3 is 0 Å². The lowest BCUT2D eigenvalue weighted by molar-refractivity contribution is 0.165. The molecule has 1 heterocycles. The number of hydrogen-bond acceptors (Lipinski definition) is 3. The van der Waals surface area contributed by atoms with E-state index in [1.54, 1.807) is 0 Å². The molecular weight excluding hydrogens is 212 g/mol. The van der Waals surface area contributed by atoms with Gasteiger partial charge in [0.2, 0.25) is 0 Å². The Morgan fingerprint density at radius 2 is 1.82 bits per heavy atom. The van der Waals surface area contributed by atoms with Gasteiger partial charge in [-0.25, -0.2) is 0 Å². The van der Waals surface area contributed by atoms with Gasteiger partial charge in [-0.05, 0) is 38.8 Å². The summed E-state index contributed by atoms with van der Waals surface area (Å²) in [6.45, 7) is 3.83. The van der Waals surface area contributed by atoms with Crippen molar-refractivity contribution < 1.29 is 5.11 Å². The first-order chi connectivity index (χ1) is 8.40. The first-order valence-corrected chi connectivity index (χ1v) is 7.48. The van der Waals surface area contributed by atoms with E-state index in [1.807, 2.05) is 0 Å². The summed E-state index contributed by atoms with van der Waals surface area (Å²) in [6, 6.07) is 1.32. The smallest absolute Gasteiger partial charge is 0.0446 e. The molecule has 2 fully saturated rings. The van der Waals surface area contributed by atoms with Crippen molar-refractivity contribution in [3.05, 3.63) is 0 Å². The van der Waals surface area contributed by atoms with Crippen molar-refractivity contribution in [3.63, 3.8) is 0 Å². The Morgan fingerprint density at radius 1 is 1.06 bits per heavy atom. The predicted octanol–water partition coefficient (Wildman–Crippen LogP) is 1.76. The Labute approximate surface area is 106 Å². The lowest BCUT2D eigenvalue weighted by atomic mass is 10.1. The number of nitrogens with zero attached hydrogens (tertiary/aromatic N) is 1. The second-order valence-electron chi connectivity index (χ2n) is 5.66. The highest BCUT2D eigenvalue weighted by Gasteiger charge is 2.24. The molecule has 3 nitrogen and oxygen atoms in total. The quantitative estimate of drug-likeness (QED) is 0.738. The van der Waals surface area contributed by atoms with E-state index in [2.05, 4.69) is 10.2 Å². The molecule has 1 saturated heterocycles. The van der Waals surface area contributed by atoms with Gasteiger partial charge < -0.3 is 10.4 Å². The standard InChI is InChI=1S/C14H28N2O/c17-11-8-13-12-16(10-5-9-15-13)14-6-3-1-2-4-7-14/h13-15,17H,1-12H2. The van der Waals surface area contributed by atoms with Crippen molar-refractivity contribution in [2.45, 2.75) is 63.5 Å². The van der Waals surface area contributed by atoms with E-state index in [9.17, 15) is 0 Å². The minimum Gasteiger partial charge on any atom is -0.396 e. The van der Waals surface area contributed by atoms with E-state index in [-0.39, 0.29) is 0 Å². The largest absolute Gasteiger partial charge is 0.396 e. The molecule has 0 aromatic carbocycles. The Bertz CT molecular complexity index is 202. The lowest BCUT2D eigenvalue weighted by Crippen LogP contribution is -2.43. The van der Waals surface area contributed by atoms with E-state index in [0.717, 1.165) is 25.6 Å². The molecule has 1 aliphatic carbocycles. The first kappa shape index (κ1) is 13.3. The van der Waals surface area contributed by atoms with Crippen LogP contribution < -0.4 is 5.32 Å². The van der Waals surface area contributed by atoms with E-state index in [0.29, 0.717) is 12.6 Å². The van der Waals surface area contributed by atoms with Crippen LogP contribution >= 0.6 is 0 Å². The van der Waals surface area contributed by atoms with E-state index in [1.165, 1.54) is 51.5 Å². The van der Waals surface area contributed by atoms with Crippen molar-refractivity contribution >= 4 is 0 Å². The average Bonchev–Trinajstić information content (AvgIpc) is 2.71. The molecule has 0 bridgehead atoms. The van der Waals surface area contributed by atoms with Crippen LogP contribution in [0.15, 0.2) is 0 Å². The van der Waals surface area contributed by atoms with Crippen molar-refractivity contribution in [2.24, 2.45) is 0 Å². The summed E-state index contributed by atoms with van der Waals surface area (Å²) in [5, 5.41) is 12.7. The second-order valence-corrected chi connectivity index (χ2v) is 5.66. The predicted molar refractivity (Wildman–Crippen MR) is 71.2 cm³/mol. The van der Waals surface area contributed by atoms with Crippen molar-refractivity contribution in [3.8, 4) is 0 Å². The molecule has 1 saturated carbocycles. The fourth-order valence-corrected chi connectivity index (χ4v) is 3.33. The Hall–Kier alpha value is -0.120. The molecule has 0 aromatic heterocycles. The molecule has 0 amide bonds. The summed E-state index contributed by atoms with van der Waals surface area (Å²) in [5.41, 5.74) is 0. The van der Waals surface area contributed by atoms with E-state index >= 15 is 0 Å². The fourth-order valence-electron chi connectivity index (χ4n) is 3.33. The number of nitrogens with one attached hydrogen (secondary N) is 1. The summed E-state index contributed by atoms with van der Waals surface area (Å²) >= 11 is 0. The Morgan fingerprint density at radius 3 is 2.53 bits per heavy atom. The van der Waals surface area contributed by atoms with Crippen LogP contribution in [0.1, 0.15) is 51.4 Å². The van der Waals surface area contributed by atoms with Gasteiger partial charge in [0.25, 0.3) is 0 Å². The zero-order chi connectivity index (χ0) is 11.9. The van der Waals surface area contributed by atoms with Crippen LogP contribution in [0.3, 0.4) is 0 Å². The van der Waals surface area contributed by atoms with Gasteiger partial charge in [-0.3, -0.25) is 4.90 Å². The van der Waals surface area contributed by atoms with Gasteiger partial charge in [0.1, 0.15) is 0 Å². The van der Waals surface area contributed by atoms with E-state index < -0.39 is 0 Å². The van der Waals surface area contributed by atoms with Crippen LogP contribution in [0.2, 0.25) is 0 Å². The highest BCUT2D eigenvalue weighted by molar-refractivity contribution is 4.82. The zero-order valence-corrected chi connectivity index (χ0v) is 11.0. The zero-order valence-electron chi connectivity index (χ0n) is 11.0. The molecule has 0 spiro atoms. The average molecular weight is 240 g/mol. The SMILES string of the molecule is OCCC1CN(C2CCCCCC2)CCCN1. The Kier molecular flexibility index (Phi) is 5.75. The summed E-state index contributed by atoms with van der Waals surface area (Å²) in [5.74, 6) is 0. The van der Waals surface area contributed by atoms with Gasteiger partial charge in [0.05, 0.1) is 0 Å². The van der Waals surface area contributed by atoms with Gasteiger partial charge in [-0.2, -0.15) is 0 Å². The summed E-state index contributed by atoms with van der Waals surface area (Å²) < 4.78 is 0. The first-order valence-electron chi connectivity index (χ1n) is 7.48. The maximum Gasteiger partial charge on any atom is 0.0446 e. The number of hydrogen-bond donors (Lipinski definition) is 2. The van der Waals surface area contributed by atoms with Gasteiger partial charge in [0, 0.05) is 25.2 Å². The van der Waals surface area contributed by atoms with Crippen LogP contribution in [0, 0.1) is 0 Å². The molecule has 2 N–H and O–H groups in total. The van der Waals surface area contributed by atoms with Crippen molar-refractivity contribution in [1.29, 1.82) is 0 Å². The van der Waals surface area contributed by atoms with Crippen LogP contribution in [-0.2, 0) is 0 Å². The third-order valence-electron chi connectivity index (χ3n) is 4.33. The van der Waals surface area contributed by atoms with Crippen LogP contribution in [0.5, 0.6) is 0 Å². The molecular formula is C14H28N2O. The lowest BCUT2D eigenvalue weighted by Gasteiger charge is -2.32. The van der Waals surface area contributed by atoms with E-state index in [4.69, 9.17) is 5.11 Å². The summed E-state index contributed by atoms with van der Waals surface area (Å²) in [6.07, 6.45) is 10.7. The molecule has 1 unspecified atom stereocenters. The highest BCUT2D eigenvalue weighted by atomic mass is 16.3. The van der Waals surface area contributed by atoms with Crippen molar-refractivity contribution in [2.75, 3.05) is 26.2 Å². The molecule has 0 aromatic rings. The van der Waals surface area contributed by atoms with Crippen LogP contribution in [-0.4, -0.2) is 48.3 Å². The minimum atomic E-state index is 0.316. The molecule has 100 valence electrons. The topological polar surface area (TPSA) is 35.5 Å².